The Morgan fingerprint density at radius 2 is 1.42 bits per heavy atom. The summed E-state index contributed by atoms with van der Waals surface area (Å²) >= 11 is 9.51. The van der Waals surface area contributed by atoms with E-state index < -0.39 is 0 Å². The number of halogens is 3. The van der Waals surface area contributed by atoms with Crippen LogP contribution in [-0.2, 0) is 6.54 Å². The number of amides is 1. The molecule has 0 spiro atoms. The van der Waals surface area contributed by atoms with Crippen molar-refractivity contribution in [3.8, 4) is 0 Å². The van der Waals surface area contributed by atoms with Crippen LogP contribution < -0.4 is 52.8 Å². The molecule has 0 aliphatic carbocycles. The summed E-state index contributed by atoms with van der Waals surface area (Å²) in [5.41, 5.74) is 2.14. The first kappa shape index (κ1) is 40.8. The SMILES string of the molecule is CCN(CC)CC[NH2+]C(=O)c1ccc(C[NH+](CC(C)(C)S)CC(C)(C)[NH2+]CC(C)(C)S)cc1.[Cl-].[Cl-].[Cl-]. The molecule has 5 N–H and O–H groups in total. The molecular weight excluding hydrogens is 555 g/mol. The first-order valence-corrected chi connectivity index (χ1v) is 13.3. The van der Waals surface area contributed by atoms with E-state index in [4.69, 9.17) is 25.3 Å². The van der Waals surface area contributed by atoms with Crippen molar-refractivity contribution in [2.75, 3.05) is 45.8 Å². The van der Waals surface area contributed by atoms with Crippen LogP contribution in [0.15, 0.2) is 24.3 Å². The quantitative estimate of drug-likeness (QED) is 0.129. The number of hydrogen-bond acceptors (Lipinski definition) is 4. The number of nitrogens with two attached hydrogens (primary N) is 2. The van der Waals surface area contributed by atoms with Gasteiger partial charge in [0.2, 0.25) is 0 Å². The van der Waals surface area contributed by atoms with Crippen molar-refractivity contribution in [2.45, 2.75) is 77.0 Å². The van der Waals surface area contributed by atoms with Crippen LogP contribution in [0.1, 0.15) is 71.3 Å². The molecule has 1 unspecified atom stereocenters. The summed E-state index contributed by atoms with van der Waals surface area (Å²) in [5, 5.41) is 4.25. The van der Waals surface area contributed by atoms with Gasteiger partial charge in [0.05, 0.1) is 34.7 Å². The van der Waals surface area contributed by atoms with Gasteiger partial charge in [-0.1, -0.05) is 26.0 Å². The monoisotopic (exact) mass is 604 g/mol. The molecule has 10 heteroatoms. The molecule has 0 saturated heterocycles. The van der Waals surface area contributed by atoms with E-state index in [9.17, 15) is 4.79 Å². The van der Waals surface area contributed by atoms with Gasteiger partial charge >= 0.3 is 5.91 Å². The lowest BCUT2D eigenvalue weighted by atomic mass is 10.0. The third-order valence-corrected chi connectivity index (χ3v) is 6.25. The molecule has 214 valence electrons. The molecule has 1 aromatic rings. The predicted octanol–water partition coefficient (Wildman–Crippen LogP) is -8.11. The van der Waals surface area contributed by atoms with Crippen LogP contribution in [0.5, 0.6) is 0 Å². The summed E-state index contributed by atoms with van der Waals surface area (Å²) in [6.07, 6.45) is 0. The van der Waals surface area contributed by atoms with Crippen LogP contribution in [0, 0.1) is 0 Å². The molecule has 0 aromatic heterocycles. The lowest BCUT2D eigenvalue weighted by molar-refractivity contribution is -0.940. The lowest BCUT2D eigenvalue weighted by Gasteiger charge is -2.33. The fourth-order valence-electron chi connectivity index (χ4n) is 4.15. The fraction of sp³-hybridized carbons (Fsp3) is 0.731. The van der Waals surface area contributed by atoms with Crippen molar-refractivity contribution < 1.29 is 57.5 Å². The number of hydrogen-bond donors (Lipinski definition) is 5. The van der Waals surface area contributed by atoms with Gasteiger partial charge in [-0.3, -0.25) is 10.2 Å². The average Bonchev–Trinajstić information content (AvgIpc) is 2.68. The van der Waals surface area contributed by atoms with E-state index >= 15 is 0 Å². The summed E-state index contributed by atoms with van der Waals surface area (Å²) in [5.74, 6) is 0.125. The second kappa shape index (κ2) is 18.6. The molecule has 36 heavy (non-hydrogen) atoms. The minimum atomic E-state index is -0.0516. The van der Waals surface area contributed by atoms with Crippen molar-refractivity contribution in [1.82, 2.24) is 4.90 Å². The first-order chi connectivity index (χ1) is 15.1. The highest BCUT2D eigenvalue weighted by Crippen LogP contribution is 2.10. The third-order valence-electron chi connectivity index (χ3n) is 5.90. The average molecular weight is 606 g/mol. The molecule has 0 aliphatic rings. The van der Waals surface area contributed by atoms with Crippen molar-refractivity contribution in [3.05, 3.63) is 35.4 Å². The highest BCUT2D eigenvalue weighted by molar-refractivity contribution is 7.82. The molecule has 0 bridgehead atoms. The number of rotatable bonds is 15. The van der Waals surface area contributed by atoms with Gasteiger partial charge in [-0.15, -0.1) is 0 Å². The Morgan fingerprint density at radius 3 is 1.86 bits per heavy atom. The number of primary amides is 1. The highest BCUT2D eigenvalue weighted by atomic mass is 35.5. The van der Waals surface area contributed by atoms with Gasteiger partial charge in [-0.25, -0.2) is 4.79 Å². The van der Waals surface area contributed by atoms with Crippen LogP contribution in [0.3, 0.4) is 0 Å². The molecule has 5 nitrogen and oxygen atoms in total. The van der Waals surface area contributed by atoms with Crippen molar-refractivity contribution >= 4 is 31.2 Å². The van der Waals surface area contributed by atoms with E-state index in [2.05, 4.69) is 77.7 Å². The molecule has 1 aromatic carbocycles. The normalized spacial score (nSPS) is 12.9. The van der Waals surface area contributed by atoms with E-state index in [1.165, 1.54) is 10.5 Å². The Morgan fingerprint density at radius 1 is 0.889 bits per heavy atom. The largest absolute Gasteiger partial charge is 1.00 e. The van der Waals surface area contributed by atoms with Gasteiger partial charge in [-0.2, -0.15) is 25.3 Å². The number of benzene rings is 1. The third kappa shape index (κ3) is 18.5. The Bertz CT molecular complexity index is 719. The fourth-order valence-corrected chi connectivity index (χ4v) is 4.47. The van der Waals surface area contributed by atoms with Crippen LogP contribution in [0.25, 0.3) is 0 Å². The maximum atomic E-state index is 12.6. The Hall–Kier alpha value is 0.300. The van der Waals surface area contributed by atoms with Crippen molar-refractivity contribution in [2.24, 2.45) is 0 Å². The summed E-state index contributed by atoms with van der Waals surface area (Å²) < 4.78 is -0.0467. The van der Waals surface area contributed by atoms with E-state index in [1.807, 2.05) is 17.4 Å². The van der Waals surface area contributed by atoms with Crippen LogP contribution in [-0.4, -0.2) is 71.7 Å². The number of quaternary nitrogens is 3. The molecule has 1 amide bonds. The topological polar surface area (TPSA) is 58.0 Å². The smallest absolute Gasteiger partial charge is 0.342 e. The van der Waals surface area contributed by atoms with Crippen LogP contribution in [0.2, 0.25) is 0 Å². The Kier molecular flexibility index (Phi) is 21.0. The second-order valence-electron chi connectivity index (χ2n) is 11.4. The summed E-state index contributed by atoms with van der Waals surface area (Å²) in [4.78, 5) is 16.4. The minimum Gasteiger partial charge on any atom is -1.00 e. The summed E-state index contributed by atoms with van der Waals surface area (Å²) in [6.45, 7) is 25.3. The van der Waals surface area contributed by atoms with Crippen molar-refractivity contribution in [1.29, 1.82) is 0 Å². The number of nitrogens with zero attached hydrogens (tertiary/aromatic N) is 1. The van der Waals surface area contributed by atoms with Gasteiger partial charge in [0.25, 0.3) is 0 Å². The standard InChI is InChI=1S/C26H48N4OS2.3ClH/c1-9-29(10-2)16-15-27-23(31)22-13-11-21(12-14-22)17-30(20-26(7,8)33)19-24(3,4)28-18-25(5,6)32;;;/h11-14,28,32-33H,9-10,15-20H2,1-8H3,(H,27,31);3*1H. The van der Waals surface area contributed by atoms with Gasteiger partial charge in [-0.05, 0) is 66.8 Å². The van der Waals surface area contributed by atoms with E-state index in [0.717, 1.165) is 57.9 Å². The van der Waals surface area contributed by atoms with Gasteiger partial charge < -0.3 is 47.4 Å². The lowest BCUT2D eigenvalue weighted by Crippen LogP contribution is -3.18. The van der Waals surface area contributed by atoms with E-state index in [-0.39, 0.29) is 58.2 Å². The highest BCUT2D eigenvalue weighted by Gasteiger charge is 2.32. The van der Waals surface area contributed by atoms with Crippen LogP contribution in [0.4, 0.5) is 0 Å². The van der Waals surface area contributed by atoms with Crippen molar-refractivity contribution in [3.63, 3.8) is 0 Å². The second-order valence-corrected chi connectivity index (χ2v) is 13.8. The van der Waals surface area contributed by atoms with Crippen LogP contribution >= 0.6 is 25.3 Å². The van der Waals surface area contributed by atoms with Gasteiger partial charge in [0.1, 0.15) is 18.6 Å². The maximum absolute atomic E-state index is 12.6. The van der Waals surface area contributed by atoms with Gasteiger partial charge in [0.15, 0.2) is 0 Å². The number of carbonyl (C=O) groups excluding carboxylic acids is 1. The molecule has 0 heterocycles. The zero-order chi connectivity index (χ0) is 25.3. The molecule has 0 aliphatic heterocycles. The van der Waals surface area contributed by atoms with E-state index in [1.54, 1.807) is 0 Å². The van der Waals surface area contributed by atoms with Gasteiger partial charge in [0, 0.05) is 12.1 Å². The number of likely N-dealkylation sites (N-methyl/N-ethyl adjacent to an activating group) is 1. The summed E-state index contributed by atoms with van der Waals surface area (Å²) in [6, 6.07) is 8.19. The number of carbonyl (C=O) groups is 1. The zero-order valence-electron chi connectivity index (χ0n) is 23.5. The van der Waals surface area contributed by atoms with E-state index in [0.29, 0.717) is 0 Å². The minimum absolute atomic E-state index is 0. The summed E-state index contributed by atoms with van der Waals surface area (Å²) in [7, 11) is 0. The Labute approximate surface area is 250 Å². The maximum Gasteiger partial charge on any atom is 0.342 e. The molecule has 0 radical (unpaired) electrons. The molecular formula is C26H51Cl3N4OS2. The molecule has 0 saturated carbocycles. The molecule has 0 fully saturated rings. The molecule has 1 atom stereocenters. The zero-order valence-corrected chi connectivity index (χ0v) is 27.6. The molecule has 1 rings (SSSR count). The number of nitrogens with one attached hydrogen (secondary N) is 1. The predicted molar refractivity (Wildman–Crippen MR) is 147 cm³/mol. The first-order valence-electron chi connectivity index (χ1n) is 12.5. The number of thiol groups is 2. The Balaban J connectivity index is -0.00000363.